The highest BCUT2D eigenvalue weighted by atomic mass is 16.5. The van der Waals surface area contributed by atoms with Crippen molar-refractivity contribution < 1.29 is 9.47 Å². The summed E-state index contributed by atoms with van der Waals surface area (Å²) in [5, 5.41) is 3.48. The van der Waals surface area contributed by atoms with Crippen LogP contribution in [0.4, 0.5) is 0 Å². The number of hydrogen-bond acceptors (Lipinski definition) is 4. The van der Waals surface area contributed by atoms with Crippen molar-refractivity contribution in [3.05, 3.63) is 23.8 Å². The molecule has 120 valence electrons. The van der Waals surface area contributed by atoms with Gasteiger partial charge in [0.05, 0.1) is 13.7 Å². The zero-order valence-electron chi connectivity index (χ0n) is 14.3. The number of ether oxygens (including phenoxy) is 2. The molecule has 0 heterocycles. The molecule has 0 aromatic heterocycles. The highest BCUT2D eigenvalue weighted by Gasteiger charge is 2.10. The van der Waals surface area contributed by atoms with Gasteiger partial charge in [-0.15, -0.1) is 0 Å². The first-order valence-corrected chi connectivity index (χ1v) is 7.51. The minimum atomic E-state index is 0.104. The maximum absolute atomic E-state index is 5.87. The van der Waals surface area contributed by atoms with Crippen LogP contribution < -0.4 is 14.8 Å². The summed E-state index contributed by atoms with van der Waals surface area (Å²) in [5.74, 6) is 1.61. The van der Waals surface area contributed by atoms with Crippen molar-refractivity contribution in [1.82, 2.24) is 10.2 Å². The van der Waals surface area contributed by atoms with Gasteiger partial charge in [0.2, 0.25) is 0 Å². The lowest BCUT2D eigenvalue weighted by molar-refractivity contribution is 0.268. The smallest absolute Gasteiger partial charge is 0.161 e. The van der Waals surface area contributed by atoms with E-state index in [-0.39, 0.29) is 5.54 Å². The van der Waals surface area contributed by atoms with Gasteiger partial charge in [-0.05, 0) is 59.0 Å². The van der Waals surface area contributed by atoms with E-state index in [1.54, 1.807) is 7.11 Å². The third-order valence-corrected chi connectivity index (χ3v) is 3.06. The minimum Gasteiger partial charge on any atom is -0.493 e. The number of methoxy groups -OCH3 is 1. The molecule has 4 heteroatoms. The second-order valence-electron chi connectivity index (χ2n) is 6.59. The fourth-order valence-corrected chi connectivity index (χ4v) is 1.87. The number of hydrogen-bond donors (Lipinski definition) is 1. The van der Waals surface area contributed by atoms with Crippen molar-refractivity contribution in [2.24, 2.45) is 0 Å². The van der Waals surface area contributed by atoms with Crippen LogP contribution in [0.25, 0.3) is 0 Å². The van der Waals surface area contributed by atoms with Gasteiger partial charge >= 0.3 is 0 Å². The van der Waals surface area contributed by atoms with Crippen LogP contribution in [-0.4, -0.2) is 44.8 Å². The maximum Gasteiger partial charge on any atom is 0.161 e. The minimum absolute atomic E-state index is 0.104. The van der Waals surface area contributed by atoms with Gasteiger partial charge < -0.3 is 19.7 Å². The van der Waals surface area contributed by atoms with E-state index in [0.29, 0.717) is 6.61 Å². The summed E-state index contributed by atoms with van der Waals surface area (Å²) < 4.78 is 11.2. The van der Waals surface area contributed by atoms with Gasteiger partial charge in [-0.3, -0.25) is 0 Å². The molecule has 0 saturated carbocycles. The summed E-state index contributed by atoms with van der Waals surface area (Å²) in [6, 6.07) is 6.11. The van der Waals surface area contributed by atoms with Crippen molar-refractivity contribution in [1.29, 1.82) is 0 Å². The van der Waals surface area contributed by atoms with E-state index in [9.17, 15) is 0 Å². The van der Waals surface area contributed by atoms with Gasteiger partial charge in [-0.2, -0.15) is 0 Å². The quantitative estimate of drug-likeness (QED) is 0.748. The zero-order chi connectivity index (χ0) is 15.9. The number of benzene rings is 1. The van der Waals surface area contributed by atoms with Crippen LogP contribution in [0.1, 0.15) is 32.8 Å². The van der Waals surface area contributed by atoms with Gasteiger partial charge in [-0.1, -0.05) is 6.07 Å². The molecule has 0 radical (unpaired) electrons. The van der Waals surface area contributed by atoms with E-state index in [2.05, 4.69) is 57.2 Å². The standard InChI is InChI=1S/C17H30N2O2/c1-17(2,3)18-13-14-8-9-15(20-6)16(12-14)21-11-7-10-19(4)5/h8-9,12,18H,7,10-11,13H2,1-6H3. The highest BCUT2D eigenvalue weighted by Crippen LogP contribution is 2.28. The lowest BCUT2D eigenvalue weighted by Crippen LogP contribution is -2.35. The SMILES string of the molecule is COc1ccc(CNC(C)(C)C)cc1OCCCN(C)C. The Kier molecular flexibility index (Phi) is 6.99. The molecule has 0 atom stereocenters. The van der Waals surface area contributed by atoms with E-state index in [1.807, 2.05) is 6.07 Å². The normalized spacial score (nSPS) is 11.8. The Balaban J connectivity index is 2.62. The molecule has 1 rings (SSSR count). The van der Waals surface area contributed by atoms with Crippen LogP contribution in [0.2, 0.25) is 0 Å². The predicted molar refractivity (Wildman–Crippen MR) is 88.3 cm³/mol. The second-order valence-corrected chi connectivity index (χ2v) is 6.59. The van der Waals surface area contributed by atoms with Crippen molar-refractivity contribution in [3.8, 4) is 11.5 Å². The van der Waals surface area contributed by atoms with Gasteiger partial charge in [0.1, 0.15) is 0 Å². The van der Waals surface area contributed by atoms with Crippen LogP contribution in [0.3, 0.4) is 0 Å². The molecule has 1 N–H and O–H groups in total. The molecule has 0 fully saturated rings. The van der Waals surface area contributed by atoms with Crippen molar-refractivity contribution in [3.63, 3.8) is 0 Å². The summed E-state index contributed by atoms with van der Waals surface area (Å²) in [7, 11) is 5.81. The Hall–Kier alpha value is -1.26. The molecule has 4 nitrogen and oxygen atoms in total. The molecule has 0 aliphatic rings. The number of rotatable bonds is 8. The first-order valence-electron chi connectivity index (χ1n) is 7.51. The summed E-state index contributed by atoms with van der Waals surface area (Å²) in [4.78, 5) is 2.16. The Morgan fingerprint density at radius 1 is 1.14 bits per heavy atom. The zero-order valence-corrected chi connectivity index (χ0v) is 14.3. The Bertz CT molecular complexity index is 425. The molecule has 1 aromatic carbocycles. The topological polar surface area (TPSA) is 33.7 Å². The molecule has 0 saturated heterocycles. The van der Waals surface area contributed by atoms with E-state index >= 15 is 0 Å². The number of nitrogens with zero attached hydrogens (tertiary/aromatic N) is 1. The third-order valence-electron chi connectivity index (χ3n) is 3.06. The Morgan fingerprint density at radius 3 is 2.43 bits per heavy atom. The molecule has 21 heavy (non-hydrogen) atoms. The molecule has 0 aliphatic carbocycles. The first-order chi connectivity index (χ1) is 9.81. The molecule has 0 aliphatic heterocycles. The van der Waals surface area contributed by atoms with Crippen molar-refractivity contribution in [2.75, 3.05) is 34.4 Å². The summed E-state index contributed by atoms with van der Waals surface area (Å²) >= 11 is 0. The highest BCUT2D eigenvalue weighted by molar-refractivity contribution is 5.43. The fraction of sp³-hybridized carbons (Fsp3) is 0.647. The van der Waals surface area contributed by atoms with Crippen LogP contribution in [0.15, 0.2) is 18.2 Å². The predicted octanol–water partition coefficient (Wildman–Crippen LogP) is 2.91. The number of nitrogens with one attached hydrogen (secondary N) is 1. The molecule has 0 spiro atoms. The average molecular weight is 294 g/mol. The lowest BCUT2D eigenvalue weighted by Gasteiger charge is -2.21. The molecule has 1 aromatic rings. The van der Waals surface area contributed by atoms with Crippen molar-refractivity contribution >= 4 is 0 Å². The molecule has 0 bridgehead atoms. The summed E-state index contributed by atoms with van der Waals surface area (Å²) in [6.07, 6.45) is 1.00. The lowest BCUT2D eigenvalue weighted by atomic mass is 10.1. The second kappa shape index (κ2) is 8.25. The van der Waals surface area contributed by atoms with E-state index in [0.717, 1.165) is 31.0 Å². The van der Waals surface area contributed by atoms with Gasteiger partial charge in [0.25, 0.3) is 0 Å². The van der Waals surface area contributed by atoms with Crippen LogP contribution >= 0.6 is 0 Å². The van der Waals surface area contributed by atoms with E-state index in [4.69, 9.17) is 9.47 Å². The fourth-order valence-electron chi connectivity index (χ4n) is 1.87. The maximum atomic E-state index is 5.87. The molecule has 0 unspecified atom stereocenters. The van der Waals surface area contributed by atoms with Crippen LogP contribution in [0, 0.1) is 0 Å². The van der Waals surface area contributed by atoms with Gasteiger partial charge in [0.15, 0.2) is 11.5 Å². The summed E-state index contributed by atoms with van der Waals surface area (Å²) in [6.45, 7) is 9.03. The average Bonchev–Trinajstić information content (AvgIpc) is 2.40. The van der Waals surface area contributed by atoms with Gasteiger partial charge in [-0.25, -0.2) is 0 Å². The van der Waals surface area contributed by atoms with Gasteiger partial charge in [0, 0.05) is 18.6 Å². The Morgan fingerprint density at radius 2 is 1.86 bits per heavy atom. The molecular formula is C17H30N2O2. The third kappa shape index (κ3) is 7.34. The van der Waals surface area contributed by atoms with E-state index < -0.39 is 0 Å². The van der Waals surface area contributed by atoms with E-state index in [1.165, 1.54) is 5.56 Å². The van der Waals surface area contributed by atoms with Crippen molar-refractivity contribution in [2.45, 2.75) is 39.3 Å². The molecular weight excluding hydrogens is 264 g/mol. The summed E-state index contributed by atoms with van der Waals surface area (Å²) in [5.41, 5.74) is 1.31. The Labute approximate surface area is 129 Å². The first kappa shape index (κ1) is 17.8. The van der Waals surface area contributed by atoms with Crippen LogP contribution in [0.5, 0.6) is 11.5 Å². The molecule has 0 amide bonds. The largest absolute Gasteiger partial charge is 0.493 e. The monoisotopic (exact) mass is 294 g/mol. The van der Waals surface area contributed by atoms with Crippen LogP contribution in [-0.2, 0) is 6.54 Å².